The second-order valence-corrected chi connectivity index (χ2v) is 5.40. The number of anilines is 2. The Labute approximate surface area is 130 Å². The van der Waals surface area contributed by atoms with Crippen LogP contribution in [0.1, 0.15) is 25.3 Å². The van der Waals surface area contributed by atoms with Gasteiger partial charge in [-0.15, -0.1) is 4.91 Å². The van der Waals surface area contributed by atoms with Crippen LogP contribution in [0.4, 0.5) is 17.1 Å². The fraction of sp³-hybridized carbons (Fsp3) is 0.278. The molecule has 0 aromatic heterocycles. The molecule has 0 saturated carbocycles. The fourth-order valence-electron chi connectivity index (χ4n) is 2.34. The maximum Gasteiger partial charge on any atom is 0.129 e. The Balaban J connectivity index is 2.29. The van der Waals surface area contributed by atoms with Crippen molar-refractivity contribution in [3.8, 4) is 0 Å². The van der Waals surface area contributed by atoms with E-state index in [1.165, 1.54) is 5.56 Å². The van der Waals surface area contributed by atoms with E-state index in [9.17, 15) is 9.70 Å². The Morgan fingerprint density at radius 1 is 1.09 bits per heavy atom. The van der Waals surface area contributed by atoms with Crippen molar-refractivity contribution in [1.29, 1.82) is 0 Å². The van der Waals surface area contributed by atoms with Crippen molar-refractivity contribution in [2.75, 3.05) is 11.4 Å². The Morgan fingerprint density at radius 2 is 1.82 bits per heavy atom. The number of carbonyl (C=O) groups excluding carboxylic acids is 1. The average molecular weight is 296 g/mol. The summed E-state index contributed by atoms with van der Waals surface area (Å²) in [5.74, 6) is 0.187. The molecule has 2 rings (SSSR count). The van der Waals surface area contributed by atoms with Gasteiger partial charge in [0.05, 0.1) is 0 Å². The molecule has 0 N–H and O–H groups in total. The summed E-state index contributed by atoms with van der Waals surface area (Å²) in [6.07, 6.45) is 1.32. The van der Waals surface area contributed by atoms with Gasteiger partial charge in [-0.2, -0.15) is 0 Å². The lowest BCUT2D eigenvalue weighted by Crippen LogP contribution is -2.19. The molecule has 0 fully saturated rings. The van der Waals surface area contributed by atoms with Crippen LogP contribution in [0.15, 0.2) is 53.7 Å². The van der Waals surface area contributed by atoms with Gasteiger partial charge < -0.3 is 9.69 Å². The lowest BCUT2D eigenvalue weighted by Gasteiger charge is -2.25. The van der Waals surface area contributed by atoms with E-state index >= 15 is 0 Å². The van der Waals surface area contributed by atoms with Crippen molar-refractivity contribution in [2.45, 2.75) is 26.7 Å². The number of Topliss-reactive ketones (excluding diaryl/α,β-unsaturated/α-hetero) is 1. The van der Waals surface area contributed by atoms with E-state index in [0.717, 1.165) is 17.8 Å². The first kappa shape index (κ1) is 15.9. The molecule has 0 spiro atoms. The summed E-state index contributed by atoms with van der Waals surface area (Å²) in [6.45, 7) is 4.36. The molecule has 0 atom stereocenters. The summed E-state index contributed by atoms with van der Waals surface area (Å²) in [5, 5.41) is 3.00. The number of carbonyl (C=O) groups is 1. The largest absolute Gasteiger partial charge is 0.341 e. The van der Waals surface area contributed by atoms with E-state index in [2.05, 4.69) is 22.2 Å². The molecule has 4 nitrogen and oxygen atoms in total. The van der Waals surface area contributed by atoms with Gasteiger partial charge in [0.15, 0.2) is 0 Å². The summed E-state index contributed by atoms with van der Waals surface area (Å²) in [6, 6.07) is 15.4. The standard InChI is InChI=1S/C18H20N2O2/c1-14-8-10-17(11-9-14)20(12-4-5-15(2)21)18-7-3-6-16(13-18)19-22/h3,6-11,13H,4-5,12H2,1-2H3. The molecule has 114 valence electrons. The second kappa shape index (κ2) is 7.50. The normalized spacial score (nSPS) is 10.3. The molecule has 2 aromatic rings. The number of nitroso groups, excluding NO2 is 1. The van der Waals surface area contributed by atoms with Crippen molar-refractivity contribution >= 4 is 22.8 Å². The molecule has 0 saturated heterocycles. The molecule has 0 unspecified atom stereocenters. The van der Waals surface area contributed by atoms with E-state index in [4.69, 9.17) is 0 Å². The third-order valence-corrected chi connectivity index (χ3v) is 3.50. The van der Waals surface area contributed by atoms with Crippen LogP contribution < -0.4 is 4.90 Å². The van der Waals surface area contributed by atoms with Crippen LogP contribution in [0.25, 0.3) is 0 Å². The maximum atomic E-state index is 11.2. The predicted molar refractivity (Wildman–Crippen MR) is 90.0 cm³/mol. The van der Waals surface area contributed by atoms with Gasteiger partial charge in [-0.25, -0.2) is 0 Å². The van der Waals surface area contributed by atoms with Gasteiger partial charge >= 0.3 is 0 Å². The lowest BCUT2D eigenvalue weighted by molar-refractivity contribution is -0.117. The molecule has 0 heterocycles. The van der Waals surface area contributed by atoms with Crippen LogP contribution in [0, 0.1) is 11.8 Å². The predicted octanol–water partition coefficient (Wildman–Crippen LogP) is 4.90. The molecule has 0 aliphatic carbocycles. The van der Waals surface area contributed by atoms with Gasteiger partial charge in [0.25, 0.3) is 0 Å². The van der Waals surface area contributed by atoms with Gasteiger partial charge in [0.1, 0.15) is 11.5 Å². The minimum absolute atomic E-state index is 0.187. The number of rotatable bonds is 7. The molecule has 0 aliphatic heterocycles. The molecular formula is C18H20N2O2. The molecule has 0 radical (unpaired) electrons. The van der Waals surface area contributed by atoms with E-state index in [0.29, 0.717) is 18.7 Å². The minimum atomic E-state index is 0.187. The number of nitrogens with zero attached hydrogens (tertiary/aromatic N) is 2. The third-order valence-electron chi connectivity index (χ3n) is 3.50. The van der Waals surface area contributed by atoms with E-state index in [1.54, 1.807) is 19.1 Å². The van der Waals surface area contributed by atoms with Gasteiger partial charge in [0, 0.05) is 24.3 Å². The number of hydrogen-bond acceptors (Lipinski definition) is 4. The van der Waals surface area contributed by atoms with Crippen molar-refractivity contribution in [3.05, 3.63) is 59.0 Å². The smallest absolute Gasteiger partial charge is 0.129 e. The van der Waals surface area contributed by atoms with Crippen LogP contribution in [0.2, 0.25) is 0 Å². The zero-order chi connectivity index (χ0) is 15.9. The highest BCUT2D eigenvalue weighted by Crippen LogP contribution is 2.29. The summed E-state index contributed by atoms with van der Waals surface area (Å²) >= 11 is 0. The summed E-state index contributed by atoms with van der Waals surface area (Å²) in [4.78, 5) is 24.0. The fourth-order valence-corrected chi connectivity index (χ4v) is 2.34. The summed E-state index contributed by atoms with van der Waals surface area (Å²) in [5.41, 5.74) is 3.54. The molecule has 0 bridgehead atoms. The monoisotopic (exact) mass is 296 g/mol. The number of benzene rings is 2. The first-order valence-electron chi connectivity index (χ1n) is 7.37. The Bertz CT molecular complexity index is 650. The zero-order valence-electron chi connectivity index (χ0n) is 13.0. The van der Waals surface area contributed by atoms with E-state index in [-0.39, 0.29) is 5.78 Å². The maximum absolute atomic E-state index is 11.2. The highest BCUT2D eigenvalue weighted by Gasteiger charge is 2.10. The number of aryl methyl sites for hydroxylation is 1. The zero-order valence-corrected chi connectivity index (χ0v) is 13.0. The van der Waals surface area contributed by atoms with Crippen molar-refractivity contribution in [3.63, 3.8) is 0 Å². The molecule has 0 aliphatic rings. The van der Waals surface area contributed by atoms with Gasteiger partial charge in [-0.3, -0.25) is 0 Å². The Hall–Kier alpha value is -2.49. The molecule has 2 aromatic carbocycles. The van der Waals surface area contributed by atoms with Crippen LogP contribution in [0.5, 0.6) is 0 Å². The van der Waals surface area contributed by atoms with Crippen molar-refractivity contribution in [1.82, 2.24) is 0 Å². The second-order valence-electron chi connectivity index (χ2n) is 5.40. The quantitative estimate of drug-likeness (QED) is 0.683. The number of hydrogen-bond donors (Lipinski definition) is 0. The van der Waals surface area contributed by atoms with Gasteiger partial charge in [-0.1, -0.05) is 23.8 Å². The molecular weight excluding hydrogens is 276 g/mol. The molecule has 22 heavy (non-hydrogen) atoms. The Kier molecular flexibility index (Phi) is 5.42. The molecule has 4 heteroatoms. The van der Waals surface area contributed by atoms with Gasteiger partial charge in [0.2, 0.25) is 0 Å². The van der Waals surface area contributed by atoms with Crippen molar-refractivity contribution in [2.24, 2.45) is 5.18 Å². The van der Waals surface area contributed by atoms with Crippen molar-refractivity contribution < 1.29 is 4.79 Å². The molecule has 0 amide bonds. The van der Waals surface area contributed by atoms with Crippen LogP contribution in [-0.4, -0.2) is 12.3 Å². The lowest BCUT2D eigenvalue weighted by atomic mass is 10.1. The van der Waals surface area contributed by atoms with Crippen LogP contribution in [0.3, 0.4) is 0 Å². The number of ketones is 1. The first-order chi connectivity index (χ1) is 10.6. The van der Waals surface area contributed by atoms with E-state index < -0.39 is 0 Å². The summed E-state index contributed by atoms with van der Waals surface area (Å²) in [7, 11) is 0. The minimum Gasteiger partial charge on any atom is -0.341 e. The topological polar surface area (TPSA) is 49.7 Å². The third kappa shape index (κ3) is 4.25. The SMILES string of the molecule is CC(=O)CCCN(c1ccc(C)cc1)c1cccc(N=O)c1. The van der Waals surface area contributed by atoms with Gasteiger partial charge in [-0.05, 0) is 55.8 Å². The highest BCUT2D eigenvalue weighted by atomic mass is 16.3. The average Bonchev–Trinajstić information content (AvgIpc) is 2.52. The van der Waals surface area contributed by atoms with Crippen LogP contribution >= 0.6 is 0 Å². The van der Waals surface area contributed by atoms with Crippen LogP contribution in [-0.2, 0) is 4.79 Å². The first-order valence-corrected chi connectivity index (χ1v) is 7.37. The Morgan fingerprint density at radius 3 is 2.45 bits per heavy atom. The van der Waals surface area contributed by atoms with E-state index in [1.807, 2.05) is 31.2 Å². The highest BCUT2D eigenvalue weighted by molar-refractivity contribution is 5.75. The summed E-state index contributed by atoms with van der Waals surface area (Å²) < 4.78 is 0.